The Morgan fingerprint density at radius 2 is 1.44 bits per heavy atom. The third-order valence-corrected chi connectivity index (χ3v) is 5.41. The van der Waals surface area contributed by atoms with Gasteiger partial charge in [-0.05, 0) is 72.0 Å². The molecule has 0 unspecified atom stereocenters. The van der Waals surface area contributed by atoms with Gasteiger partial charge in [-0.1, -0.05) is 46.6 Å². The first-order chi connectivity index (χ1) is 14.5. The molecule has 3 rings (SSSR count). The summed E-state index contributed by atoms with van der Waals surface area (Å²) in [4.78, 5) is 35.2. The van der Waals surface area contributed by atoms with E-state index in [2.05, 4.69) is 0 Å². The standard InChI is InChI=1S/C23H16Cl2O6.3Na/c1-10-6-12(8-14(20(10)26)22(28)29)18(19-16(24)4-3-5-17(19)25)13-7-11(2)21(27)15(9-13)23(30)31;;;/h3-9,26H,1-2H3,(H,28,29)(H,30,31);;;/q;3*+1/p-3. The summed E-state index contributed by atoms with van der Waals surface area (Å²) >= 11 is 12.8. The Morgan fingerprint density at radius 1 is 0.882 bits per heavy atom. The Morgan fingerprint density at radius 3 is 1.94 bits per heavy atom. The number of rotatable bonds is 4. The number of aryl methyl sites for hydroxylation is 1. The number of halogens is 2. The minimum Gasteiger partial charge on any atom is -0.872 e. The summed E-state index contributed by atoms with van der Waals surface area (Å²) in [6, 6.07) is 7.24. The van der Waals surface area contributed by atoms with Crippen LogP contribution in [0.15, 0.2) is 59.2 Å². The molecule has 34 heavy (non-hydrogen) atoms. The van der Waals surface area contributed by atoms with Gasteiger partial charge < -0.3 is 24.9 Å². The smallest absolute Gasteiger partial charge is 0.872 e. The molecule has 0 fully saturated rings. The maximum absolute atomic E-state index is 12.2. The van der Waals surface area contributed by atoms with Crippen LogP contribution in [0.2, 0.25) is 10.0 Å². The maximum Gasteiger partial charge on any atom is 1.00 e. The second kappa shape index (κ2) is 13.8. The molecule has 0 amide bonds. The van der Waals surface area contributed by atoms with Gasteiger partial charge in [0.1, 0.15) is 0 Å². The topological polar surface area (TPSA) is 120 Å². The molecular weight excluding hydrogens is 512 g/mol. The molecule has 6 nitrogen and oxygen atoms in total. The molecule has 2 aromatic rings. The van der Waals surface area contributed by atoms with Crippen molar-refractivity contribution in [2.45, 2.75) is 13.8 Å². The SMILES string of the molecule is CC1=CC(=C(c2cc(C)c([O-])c(C(=O)[O-])c2)c2c(Cl)cccc2Cl)C=C(C(=O)[O-])C1=O.[Na+].[Na+].[Na+]. The molecule has 0 saturated carbocycles. The van der Waals surface area contributed by atoms with E-state index >= 15 is 0 Å². The molecule has 0 N–H and O–H groups in total. The number of benzene rings is 2. The maximum atomic E-state index is 12.2. The molecule has 0 spiro atoms. The number of aliphatic carboxylic acids is 1. The van der Waals surface area contributed by atoms with Crippen molar-refractivity contribution in [1.82, 2.24) is 0 Å². The first-order valence-corrected chi connectivity index (χ1v) is 9.66. The number of ketones is 1. The number of hydrogen-bond donors (Lipinski definition) is 0. The summed E-state index contributed by atoms with van der Waals surface area (Å²) in [5.41, 5.74) is 0.0647. The van der Waals surface area contributed by atoms with Gasteiger partial charge in [0.15, 0.2) is 5.78 Å². The molecule has 0 atom stereocenters. The van der Waals surface area contributed by atoms with Gasteiger partial charge in [0.2, 0.25) is 0 Å². The second-order valence-electron chi connectivity index (χ2n) is 6.89. The number of carbonyl (C=O) groups excluding carboxylic acids is 3. The molecule has 0 aliphatic heterocycles. The van der Waals surface area contributed by atoms with Gasteiger partial charge in [0, 0.05) is 21.2 Å². The van der Waals surface area contributed by atoms with Gasteiger partial charge in [-0.15, -0.1) is 0 Å². The van der Waals surface area contributed by atoms with Crippen molar-refractivity contribution in [3.63, 3.8) is 0 Å². The Labute approximate surface area is 272 Å². The molecule has 158 valence electrons. The summed E-state index contributed by atoms with van der Waals surface area (Å²) in [6.45, 7) is 2.87. The van der Waals surface area contributed by atoms with Crippen molar-refractivity contribution in [3.05, 3.63) is 91.5 Å². The molecule has 0 bridgehead atoms. The van der Waals surface area contributed by atoms with Gasteiger partial charge in [0.05, 0.1) is 11.9 Å². The van der Waals surface area contributed by atoms with E-state index in [9.17, 15) is 29.7 Å². The molecule has 2 aromatic carbocycles. The predicted octanol–water partition coefficient (Wildman–Crippen LogP) is -7.24. The van der Waals surface area contributed by atoms with Crippen molar-refractivity contribution < 1.29 is 118 Å². The summed E-state index contributed by atoms with van der Waals surface area (Å²) in [5, 5.41) is 35.6. The first kappa shape index (κ1) is 33.7. The third-order valence-electron chi connectivity index (χ3n) is 4.78. The minimum atomic E-state index is -1.67. The Bertz CT molecular complexity index is 1250. The number of hydrogen-bond acceptors (Lipinski definition) is 6. The number of allylic oxidation sites excluding steroid dienone is 4. The van der Waals surface area contributed by atoms with Crippen LogP contribution in [-0.2, 0) is 9.59 Å². The largest absolute Gasteiger partial charge is 1.00 e. The van der Waals surface area contributed by atoms with E-state index < -0.39 is 34.6 Å². The minimum absolute atomic E-state index is 0. The van der Waals surface area contributed by atoms with Crippen LogP contribution in [0.4, 0.5) is 0 Å². The van der Waals surface area contributed by atoms with E-state index in [1.807, 2.05) is 0 Å². The molecule has 11 heteroatoms. The van der Waals surface area contributed by atoms with Crippen LogP contribution in [0.5, 0.6) is 5.75 Å². The van der Waals surface area contributed by atoms with Crippen LogP contribution in [-0.4, -0.2) is 17.7 Å². The zero-order chi connectivity index (χ0) is 23.0. The van der Waals surface area contributed by atoms with E-state index in [-0.39, 0.29) is 132 Å². The van der Waals surface area contributed by atoms with E-state index in [1.165, 1.54) is 26.0 Å². The van der Waals surface area contributed by atoms with E-state index in [0.29, 0.717) is 0 Å². The van der Waals surface area contributed by atoms with Crippen LogP contribution < -0.4 is 104 Å². The van der Waals surface area contributed by atoms with Gasteiger partial charge in [0.25, 0.3) is 0 Å². The quantitative estimate of drug-likeness (QED) is 0.289. The zero-order valence-corrected chi connectivity index (χ0v) is 26.8. The summed E-state index contributed by atoms with van der Waals surface area (Å²) in [5.74, 6) is -4.76. The summed E-state index contributed by atoms with van der Waals surface area (Å²) in [7, 11) is 0. The van der Waals surface area contributed by atoms with Crippen LogP contribution in [0.3, 0.4) is 0 Å². The van der Waals surface area contributed by atoms with E-state index in [0.717, 1.165) is 12.1 Å². The normalized spacial score (nSPS) is 13.9. The monoisotopic (exact) mass is 524 g/mol. The first-order valence-electron chi connectivity index (χ1n) is 8.91. The van der Waals surface area contributed by atoms with Crippen molar-refractivity contribution in [1.29, 1.82) is 0 Å². The zero-order valence-electron chi connectivity index (χ0n) is 19.2. The van der Waals surface area contributed by atoms with Crippen molar-refractivity contribution >= 4 is 46.5 Å². The van der Waals surface area contributed by atoms with Crippen molar-refractivity contribution in [2.24, 2.45) is 0 Å². The molecule has 1 aliphatic carbocycles. The van der Waals surface area contributed by atoms with Gasteiger partial charge in [-0.3, -0.25) is 4.79 Å². The Kier molecular flexibility index (Phi) is 13.7. The summed E-state index contributed by atoms with van der Waals surface area (Å²) < 4.78 is 0. The van der Waals surface area contributed by atoms with Crippen molar-refractivity contribution in [2.75, 3.05) is 0 Å². The average Bonchev–Trinajstić information content (AvgIpc) is 2.68. The third kappa shape index (κ3) is 6.90. The fourth-order valence-corrected chi connectivity index (χ4v) is 3.92. The molecule has 0 aromatic heterocycles. The number of carboxylic acid groups (broad SMARTS) is 2. The number of carboxylic acids is 2. The van der Waals surface area contributed by atoms with Gasteiger partial charge in [-0.25, -0.2) is 0 Å². The molecule has 1 aliphatic rings. The average molecular weight is 525 g/mol. The van der Waals surface area contributed by atoms with Crippen LogP contribution >= 0.6 is 23.2 Å². The van der Waals surface area contributed by atoms with Crippen LogP contribution in [0.25, 0.3) is 5.57 Å². The summed E-state index contributed by atoms with van der Waals surface area (Å²) in [6.07, 6.45) is 2.54. The number of carbonyl (C=O) groups is 3. The number of aromatic carboxylic acids is 1. The Hall–Kier alpha value is -0.350. The fourth-order valence-electron chi connectivity index (χ4n) is 3.33. The molecule has 0 heterocycles. The second-order valence-corrected chi connectivity index (χ2v) is 7.70. The van der Waals surface area contributed by atoms with Crippen molar-refractivity contribution in [3.8, 4) is 5.75 Å². The van der Waals surface area contributed by atoms with Gasteiger partial charge >= 0.3 is 88.7 Å². The molecular formula is C23H13Cl2Na3O6. The molecule has 0 radical (unpaired) electrons. The van der Waals surface area contributed by atoms with Crippen LogP contribution in [0, 0.1) is 6.92 Å². The fraction of sp³-hybridized carbons (Fsp3) is 0.0870. The predicted molar refractivity (Wildman–Crippen MR) is 109 cm³/mol. The van der Waals surface area contributed by atoms with Gasteiger partial charge in [-0.2, -0.15) is 0 Å². The van der Waals surface area contributed by atoms with E-state index in [1.54, 1.807) is 18.2 Å². The van der Waals surface area contributed by atoms with Crippen LogP contribution in [0.1, 0.15) is 34.0 Å². The molecule has 0 saturated heterocycles. The Balaban J connectivity index is 0.00000363. The van der Waals surface area contributed by atoms with E-state index in [4.69, 9.17) is 23.2 Å². The number of Topliss-reactive ketones (excluding diaryl/α,β-unsaturated/α-hetero) is 1.